The van der Waals surface area contributed by atoms with E-state index in [-0.39, 0.29) is 28.6 Å². The normalized spacial score (nSPS) is 16.8. The summed E-state index contributed by atoms with van der Waals surface area (Å²) in [4.78, 5) is 47.5. The number of benzene rings is 4. The van der Waals surface area contributed by atoms with Gasteiger partial charge in [0.15, 0.2) is 15.3 Å². The average Bonchev–Trinajstić information content (AvgIpc) is 3.72. The lowest BCUT2D eigenvalue weighted by molar-refractivity contribution is -0.121. The number of anilines is 2. The van der Waals surface area contributed by atoms with E-state index in [9.17, 15) is 9.59 Å². The largest absolute Gasteiger partial charge is 0.450 e. The third kappa shape index (κ3) is 4.54. The summed E-state index contributed by atoms with van der Waals surface area (Å²) < 4.78 is 6.88. The van der Waals surface area contributed by atoms with E-state index in [1.54, 1.807) is 23.1 Å². The first-order valence-corrected chi connectivity index (χ1v) is 17.5. The number of aryl methyl sites for hydroxylation is 3. The fraction of sp³-hybridized carbons (Fsp3) is 0.162. The molecule has 0 aliphatic carbocycles. The molecule has 11 heteroatoms. The fourth-order valence-corrected chi connectivity index (χ4v) is 8.74. The van der Waals surface area contributed by atoms with Crippen LogP contribution in [0.2, 0.25) is 5.02 Å². The average molecular weight is 691 g/mol. The number of hydrogen-bond donors (Lipinski definition) is 0. The number of para-hydroxylation sites is 1. The molecule has 2 aliphatic heterocycles. The quantitative estimate of drug-likeness (QED) is 0.129. The highest BCUT2D eigenvalue weighted by Crippen LogP contribution is 2.55. The van der Waals surface area contributed by atoms with Gasteiger partial charge in [-0.3, -0.25) is 19.3 Å². The van der Waals surface area contributed by atoms with Crippen molar-refractivity contribution in [2.75, 3.05) is 9.80 Å². The van der Waals surface area contributed by atoms with Crippen LogP contribution in [0.25, 0.3) is 11.0 Å². The van der Waals surface area contributed by atoms with E-state index in [1.165, 1.54) is 28.0 Å². The molecule has 8 rings (SSSR count). The number of hydrogen-bond acceptors (Lipinski definition) is 8. The summed E-state index contributed by atoms with van der Waals surface area (Å²) in [7, 11) is 0. The molecular formula is C37H27ClN4O4S2. The van der Waals surface area contributed by atoms with Crippen molar-refractivity contribution in [1.82, 2.24) is 10.2 Å². The molecule has 4 heterocycles. The molecular weight excluding hydrogens is 664 g/mol. The van der Waals surface area contributed by atoms with Gasteiger partial charge >= 0.3 is 0 Å². The van der Waals surface area contributed by atoms with Gasteiger partial charge in [-0.2, -0.15) is 0 Å². The van der Waals surface area contributed by atoms with E-state index in [0.717, 1.165) is 27.8 Å². The van der Waals surface area contributed by atoms with Gasteiger partial charge in [-0.15, -0.1) is 10.2 Å². The third-order valence-corrected chi connectivity index (χ3v) is 11.6. The summed E-state index contributed by atoms with van der Waals surface area (Å²) in [6.07, 6.45) is 0. The van der Waals surface area contributed by atoms with Crippen LogP contribution < -0.4 is 15.2 Å². The molecule has 0 saturated carbocycles. The van der Waals surface area contributed by atoms with Crippen molar-refractivity contribution >= 4 is 68.3 Å². The van der Waals surface area contributed by atoms with Gasteiger partial charge in [0.25, 0.3) is 11.8 Å². The summed E-state index contributed by atoms with van der Waals surface area (Å²) in [6, 6.07) is 26.3. The molecule has 0 radical (unpaired) electrons. The highest BCUT2D eigenvalue weighted by atomic mass is 35.5. The molecule has 0 N–H and O–H groups in total. The van der Waals surface area contributed by atoms with Gasteiger partial charge in [0.1, 0.15) is 5.58 Å². The van der Waals surface area contributed by atoms with Gasteiger partial charge in [0.2, 0.25) is 10.9 Å². The van der Waals surface area contributed by atoms with Crippen LogP contribution in [-0.4, -0.2) is 22.0 Å². The molecule has 0 fully saturated rings. The molecule has 1 spiro atoms. The Bertz CT molecular complexity index is 2370. The Morgan fingerprint density at radius 3 is 2.42 bits per heavy atom. The maximum atomic E-state index is 15.2. The highest BCUT2D eigenvalue weighted by molar-refractivity contribution is 8.00. The second-order valence-corrected chi connectivity index (χ2v) is 14.6. The van der Waals surface area contributed by atoms with Crippen LogP contribution in [0.3, 0.4) is 0 Å². The van der Waals surface area contributed by atoms with Crippen molar-refractivity contribution < 1.29 is 14.0 Å². The van der Waals surface area contributed by atoms with Crippen molar-refractivity contribution in [1.29, 1.82) is 0 Å². The summed E-state index contributed by atoms with van der Waals surface area (Å²) in [6.45, 7) is 6.07. The zero-order valence-corrected chi connectivity index (χ0v) is 28.5. The summed E-state index contributed by atoms with van der Waals surface area (Å²) in [5, 5.41) is 9.97. The standard InChI is InChI=1S/C37H27ClN4O4S2/c1-20-12-14-23(15-13-20)18-41-28-11-7-5-9-26(28)37(34(41)45)30-31(43)25-16-21(2)22(3)17-29(25)46-32(30)33(44)42(37)35-39-40-36(48-35)47-19-24-8-4-6-10-27(24)38/h4-17H,18-19H2,1-3H3. The molecule has 8 nitrogen and oxygen atoms in total. The Kier molecular flexibility index (Phi) is 7.28. The van der Waals surface area contributed by atoms with Crippen molar-refractivity contribution in [2.45, 2.75) is 42.9 Å². The summed E-state index contributed by atoms with van der Waals surface area (Å²) in [5.74, 6) is -0.700. The van der Waals surface area contributed by atoms with E-state index >= 15 is 4.79 Å². The number of aromatic nitrogens is 2. The van der Waals surface area contributed by atoms with Crippen LogP contribution in [0.5, 0.6) is 0 Å². The van der Waals surface area contributed by atoms with Gasteiger partial charge in [-0.05, 0) is 67.3 Å². The SMILES string of the molecule is Cc1ccc(CN2C(=O)C3(c4ccccc42)c2c(oc4cc(C)c(C)cc4c2=O)C(=O)N3c2nnc(SCc3ccccc3Cl)s2)cc1. The molecule has 2 aromatic heterocycles. The monoisotopic (exact) mass is 690 g/mol. The van der Waals surface area contributed by atoms with Crippen LogP contribution in [0.15, 0.2) is 98.5 Å². The van der Waals surface area contributed by atoms with Crippen LogP contribution in [0.4, 0.5) is 10.8 Å². The lowest BCUT2D eigenvalue weighted by Crippen LogP contribution is -2.53. The number of halogens is 1. The summed E-state index contributed by atoms with van der Waals surface area (Å²) in [5.41, 5.74) is 3.85. The Morgan fingerprint density at radius 2 is 1.62 bits per heavy atom. The minimum atomic E-state index is -1.86. The van der Waals surface area contributed by atoms with Crippen LogP contribution >= 0.6 is 34.7 Å². The zero-order chi connectivity index (χ0) is 33.3. The van der Waals surface area contributed by atoms with E-state index < -0.39 is 22.8 Å². The number of thioether (sulfide) groups is 1. The number of nitrogens with zero attached hydrogens (tertiary/aromatic N) is 4. The minimum Gasteiger partial charge on any atom is -0.450 e. The Morgan fingerprint density at radius 1 is 0.896 bits per heavy atom. The van der Waals surface area contributed by atoms with Crippen molar-refractivity contribution in [3.8, 4) is 0 Å². The summed E-state index contributed by atoms with van der Waals surface area (Å²) >= 11 is 8.99. The van der Waals surface area contributed by atoms with Crippen molar-refractivity contribution in [2.24, 2.45) is 0 Å². The highest BCUT2D eigenvalue weighted by Gasteiger charge is 2.66. The number of carbonyl (C=O) groups is 2. The first-order valence-electron chi connectivity index (χ1n) is 15.3. The molecule has 1 atom stereocenters. The molecule has 1 unspecified atom stereocenters. The molecule has 0 bridgehead atoms. The molecule has 2 amide bonds. The maximum Gasteiger partial charge on any atom is 0.297 e. The smallest absolute Gasteiger partial charge is 0.297 e. The maximum absolute atomic E-state index is 15.2. The van der Waals surface area contributed by atoms with Gasteiger partial charge in [-0.1, -0.05) is 101 Å². The molecule has 48 heavy (non-hydrogen) atoms. The molecule has 0 saturated heterocycles. The van der Waals surface area contributed by atoms with Crippen LogP contribution in [-0.2, 0) is 22.6 Å². The fourth-order valence-electron chi connectivity index (χ4n) is 6.56. The number of rotatable bonds is 6. The Balaban J connectivity index is 1.33. The van der Waals surface area contributed by atoms with Gasteiger partial charge in [0, 0.05) is 16.3 Å². The number of amides is 2. The van der Waals surface area contributed by atoms with E-state index in [0.29, 0.717) is 31.8 Å². The molecule has 4 aromatic carbocycles. The molecule has 6 aromatic rings. The lowest BCUT2D eigenvalue weighted by atomic mass is 9.84. The van der Waals surface area contributed by atoms with Gasteiger partial charge < -0.3 is 9.32 Å². The first kappa shape index (κ1) is 30.6. The van der Waals surface area contributed by atoms with Crippen LogP contribution in [0, 0.1) is 20.8 Å². The predicted octanol–water partition coefficient (Wildman–Crippen LogP) is 7.97. The lowest BCUT2D eigenvalue weighted by Gasteiger charge is -2.32. The molecule has 2 aliphatic rings. The first-order chi connectivity index (χ1) is 23.2. The second-order valence-electron chi connectivity index (χ2n) is 12.0. The number of carbonyl (C=O) groups excluding carboxylic acids is 2. The van der Waals surface area contributed by atoms with Crippen molar-refractivity contribution in [3.63, 3.8) is 0 Å². The third-order valence-electron chi connectivity index (χ3n) is 9.10. The minimum absolute atomic E-state index is 0.00687. The van der Waals surface area contributed by atoms with Crippen LogP contribution in [0.1, 0.15) is 49.5 Å². The predicted molar refractivity (Wildman–Crippen MR) is 189 cm³/mol. The van der Waals surface area contributed by atoms with E-state index in [2.05, 4.69) is 10.2 Å². The Labute approximate surface area is 289 Å². The van der Waals surface area contributed by atoms with E-state index in [1.807, 2.05) is 87.5 Å². The van der Waals surface area contributed by atoms with E-state index in [4.69, 9.17) is 16.0 Å². The topological polar surface area (TPSA) is 96.6 Å². The zero-order valence-electron chi connectivity index (χ0n) is 26.1. The second kappa shape index (κ2) is 11.4. The number of fused-ring (bicyclic) bond motifs is 5. The van der Waals surface area contributed by atoms with Crippen molar-refractivity contribution in [3.05, 3.63) is 145 Å². The molecule has 238 valence electrons. The van der Waals surface area contributed by atoms with Gasteiger partial charge in [-0.25, -0.2) is 0 Å². The van der Waals surface area contributed by atoms with Gasteiger partial charge in [0.05, 0.1) is 23.2 Å². The Hall–Kier alpha value is -4.77.